The third kappa shape index (κ3) is 6.87. The molecule has 3 rings (SSSR count). The number of carbonyl (C=O) groups excluding carboxylic acids is 2. The highest BCUT2D eigenvalue weighted by atomic mass is 16.7. The number of unbranched alkanes of at least 4 members (excludes halogenated alkanes) is 2. The highest BCUT2D eigenvalue weighted by Crippen LogP contribution is 2.44. The molecule has 36 heavy (non-hydrogen) atoms. The number of carbonyl (C=O) groups is 2. The Morgan fingerprint density at radius 3 is 1.75 bits per heavy atom. The van der Waals surface area contributed by atoms with Gasteiger partial charge in [0.1, 0.15) is 19.0 Å². The van der Waals surface area contributed by atoms with Gasteiger partial charge in [-0.3, -0.25) is 0 Å². The first-order valence-electron chi connectivity index (χ1n) is 12.6. The number of rotatable bonds is 11. The van der Waals surface area contributed by atoms with Gasteiger partial charge in [-0.25, -0.2) is 9.59 Å². The Morgan fingerprint density at radius 2 is 1.19 bits per heavy atom. The van der Waals surface area contributed by atoms with Gasteiger partial charge in [0.2, 0.25) is 0 Å². The number of allylic oxidation sites excluding steroid dienone is 2. The highest BCUT2D eigenvalue weighted by molar-refractivity contribution is 6.13. The standard InChI is InChI=1S/C30H34O6/c1-4-7-9-13-20-33-29(31)35-27-23-17-11-12-18-24(23)28(26-22(6-3)16-15-19-25(26)27)36-30(32)34-21-14-10-8-5-2/h9-19H,4-8,20-21H2,1-3H3/b13-9+,14-10+. The monoisotopic (exact) mass is 490 g/mol. The molecule has 0 saturated heterocycles. The van der Waals surface area contributed by atoms with E-state index in [9.17, 15) is 9.59 Å². The predicted octanol–water partition coefficient (Wildman–Crippen LogP) is 8.30. The van der Waals surface area contributed by atoms with E-state index in [1.54, 1.807) is 12.2 Å². The summed E-state index contributed by atoms with van der Waals surface area (Å²) in [5, 5.41) is 2.61. The fraction of sp³-hybridized carbons (Fsp3) is 0.333. The zero-order valence-electron chi connectivity index (χ0n) is 21.3. The molecule has 0 unspecified atom stereocenters. The molecule has 0 atom stereocenters. The summed E-state index contributed by atoms with van der Waals surface area (Å²) in [6, 6.07) is 13.0. The summed E-state index contributed by atoms with van der Waals surface area (Å²) in [7, 11) is 0. The second-order valence-electron chi connectivity index (χ2n) is 8.24. The van der Waals surface area contributed by atoms with Crippen molar-refractivity contribution in [2.45, 2.75) is 52.9 Å². The fourth-order valence-electron chi connectivity index (χ4n) is 3.89. The normalized spacial score (nSPS) is 11.4. The molecule has 0 bridgehead atoms. The van der Waals surface area contributed by atoms with Crippen LogP contribution in [-0.2, 0) is 15.9 Å². The van der Waals surface area contributed by atoms with Gasteiger partial charge in [0.15, 0.2) is 5.75 Å². The minimum atomic E-state index is -0.795. The van der Waals surface area contributed by atoms with Crippen molar-refractivity contribution in [2.24, 2.45) is 0 Å². The van der Waals surface area contributed by atoms with E-state index in [1.165, 1.54) is 0 Å². The van der Waals surface area contributed by atoms with Crippen molar-refractivity contribution in [3.63, 3.8) is 0 Å². The Kier molecular flexibility index (Phi) is 10.4. The summed E-state index contributed by atoms with van der Waals surface area (Å²) in [4.78, 5) is 25.2. The topological polar surface area (TPSA) is 71.1 Å². The van der Waals surface area contributed by atoms with Crippen molar-refractivity contribution < 1.29 is 28.5 Å². The first kappa shape index (κ1) is 26.8. The van der Waals surface area contributed by atoms with Gasteiger partial charge in [-0.1, -0.05) is 100 Å². The van der Waals surface area contributed by atoms with Crippen LogP contribution in [0.4, 0.5) is 9.59 Å². The van der Waals surface area contributed by atoms with Gasteiger partial charge in [0.25, 0.3) is 0 Å². The van der Waals surface area contributed by atoms with Crippen LogP contribution in [0.5, 0.6) is 11.5 Å². The maximum absolute atomic E-state index is 12.6. The van der Waals surface area contributed by atoms with E-state index in [-0.39, 0.29) is 13.2 Å². The lowest BCUT2D eigenvalue weighted by Crippen LogP contribution is -2.13. The maximum Gasteiger partial charge on any atom is 0.514 e. The second kappa shape index (κ2) is 13.9. The van der Waals surface area contributed by atoms with Gasteiger partial charge in [-0.05, 0) is 24.8 Å². The second-order valence-corrected chi connectivity index (χ2v) is 8.24. The Hall–Kier alpha value is -3.80. The molecule has 0 fully saturated rings. The third-order valence-corrected chi connectivity index (χ3v) is 5.63. The summed E-state index contributed by atoms with van der Waals surface area (Å²) in [6.45, 7) is 6.45. The smallest absolute Gasteiger partial charge is 0.430 e. The van der Waals surface area contributed by atoms with Crippen LogP contribution in [0.1, 0.15) is 52.0 Å². The molecule has 0 saturated carbocycles. The molecule has 0 aliphatic carbocycles. The molecule has 190 valence electrons. The summed E-state index contributed by atoms with van der Waals surface area (Å²) in [6.07, 6.45) is 10.5. The SMILES string of the molecule is CCC/C=C/COC(=O)Oc1c2ccccc2c(OC(=O)OC/C=C/CCC)c2c(CC)cccc12. The molecule has 0 N–H and O–H groups in total. The van der Waals surface area contributed by atoms with E-state index in [4.69, 9.17) is 18.9 Å². The Labute approximate surface area is 212 Å². The van der Waals surface area contributed by atoms with E-state index in [2.05, 4.69) is 13.8 Å². The van der Waals surface area contributed by atoms with Crippen LogP contribution in [0.3, 0.4) is 0 Å². The van der Waals surface area contributed by atoms with Crippen molar-refractivity contribution >= 4 is 33.9 Å². The van der Waals surface area contributed by atoms with E-state index < -0.39 is 12.3 Å². The van der Waals surface area contributed by atoms with Gasteiger partial charge in [0, 0.05) is 21.5 Å². The van der Waals surface area contributed by atoms with Gasteiger partial charge in [0.05, 0.1) is 0 Å². The molecule has 0 radical (unpaired) electrons. The molecule has 0 aliphatic rings. The minimum absolute atomic E-state index is 0.134. The average molecular weight is 491 g/mol. The van der Waals surface area contributed by atoms with Crippen LogP contribution in [-0.4, -0.2) is 25.5 Å². The van der Waals surface area contributed by atoms with Crippen LogP contribution in [0, 0.1) is 0 Å². The highest BCUT2D eigenvalue weighted by Gasteiger charge is 2.22. The molecular weight excluding hydrogens is 456 g/mol. The lowest BCUT2D eigenvalue weighted by atomic mass is 9.96. The first-order valence-corrected chi connectivity index (χ1v) is 12.6. The van der Waals surface area contributed by atoms with Crippen LogP contribution >= 0.6 is 0 Å². The Bertz CT molecular complexity index is 1240. The fourth-order valence-corrected chi connectivity index (χ4v) is 3.89. The van der Waals surface area contributed by atoms with E-state index in [1.807, 2.05) is 61.5 Å². The third-order valence-electron chi connectivity index (χ3n) is 5.63. The summed E-state index contributed by atoms with van der Waals surface area (Å²) >= 11 is 0. The number of ether oxygens (including phenoxy) is 4. The maximum atomic E-state index is 12.6. The predicted molar refractivity (Wildman–Crippen MR) is 143 cm³/mol. The first-order chi connectivity index (χ1) is 17.6. The number of fused-ring (bicyclic) bond motifs is 2. The molecule has 3 aromatic carbocycles. The molecule has 6 heteroatoms. The van der Waals surface area contributed by atoms with Crippen molar-refractivity contribution in [2.75, 3.05) is 13.2 Å². The van der Waals surface area contributed by atoms with E-state index in [0.717, 1.165) is 31.2 Å². The number of aryl methyl sites for hydroxylation is 1. The van der Waals surface area contributed by atoms with Gasteiger partial charge >= 0.3 is 12.3 Å². The molecule has 0 heterocycles. The summed E-state index contributed by atoms with van der Waals surface area (Å²) in [5.41, 5.74) is 0.949. The minimum Gasteiger partial charge on any atom is -0.430 e. The van der Waals surface area contributed by atoms with Gasteiger partial charge in [-0.2, -0.15) is 0 Å². The lowest BCUT2D eigenvalue weighted by Gasteiger charge is -2.18. The molecule has 0 aliphatic heterocycles. The zero-order chi connectivity index (χ0) is 25.8. The number of hydrogen-bond acceptors (Lipinski definition) is 6. The number of benzene rings is 3. The molecule has 6 nitrogen and oxygen atoms in total. The van der Waals surface area contributed by atoms with Crippen molar-refractivity contribution in [3.05, 3.63) is 72.3 Å². The molecule has 0 aromatic heterocycles. The van der Waals surface area contributed by atoms with Crippen molar-refractivity contribution in [1.82, 2.24) is 0 Å². The van der Waals surface area contributed by atoms with Crippen molar-refractivity contribution in [3.8, 4) is 11.5 Å². The molecular formula is C30H34O6. The largest absolute Gasteiger partial charge is 0.514 e. The molecule has 0 spiro atoms. The quantitative estimate of drug-likeness (QED) is 0.116. The summed E-state index contributed by atoms with van der Waals surface area (Å²) in [5.74, 6) is 0.741. The van der Waals surface area contributed by atoms with Gasteiger partial charge < -0.3 is 18.9 Å². The molecule has 0 amide bonds. The Balaban J connectivity index is 1.99. The zero-order valence-corrected chi connectivity index (χ0v) is 21.3. The number of hydrogen-bond donors (Lipinski definition) is 0. The Morgan fingerprint density at radius 1 is 0.667 bits per heavy atom. The van der Waals surface area contributed by atoms with Crippen LogP contribution in [0.25, 0.3) is 21.5 Å². The van der Waals surface area contributed by atoms with E-state index >= 15 is 0 Å². The van der Waals surface area contributed by atoms with Crippen molar-refractivity contribution in [1.29, 1.82) is 0 Å². The summed E-state index contributed by atoms with van der Waals surface area (Å²) < 4.78 is 22.0. The van der Waals surface area contributed by atoms with Crippen LogP contribution in [0.15, 0.2) is 66.8 Å². The molecule has 3 aromatic rings. The van der Waals surface area contributed by atoms with Crippen LogP contribution < -0.4 is 9.47 Å². The van der Waals surface area contributed by atoms with Gasteiger partial charge in [-0.15, -0.1) is 0 Å². The average Bonchev–Trinajstić information content (AvgIpc) is 2.89. The van der Waals surface area contributed by atoms with E-state index in [0.29, 0.717) is 39.5 Å². The van der Waals surface area contributed by atoms with Crippen LogP contribution in [0.2, 0.25) is 0 Å². The lowest BCUT2D eigenvalue weighted by molar-refractivity contribution is 0.109.